The number of rotatable bonds is 6. The summed E-state index contributed by atoms with van der Waals surface area (Å²) in [4.78, 5) is 10.7. The topological polar surface area (TPSA) is 72.5 Å². The van der Waals surface area contributed by atoms with Gasteiger partial charge in [-0.15, -0.1) is 0 Å². The van der Waals surface area contributed by atoms with Crippen LogP contribution in [0, 0.1) is 11.6 Å². The molecule has 6 heteroatoms. The molecule has 1 aromatic carbocycles. The Morgan fingerprint density at radius 1 is 1.50 bits per heavy atom. The highest BCUT2D eigenvalue weighted by molar-refractivity contribution is 5.77. The summed E-state index contributed by atoms with van der Waals surface area (Å²) in [5.74, 6) is -2.63. The second-order valence-corrected chi connectivity index (χ2v) is 4.25. The zero-order chi connectivity index (χ0) is 13.8. The van der Waals surface area contributed by atoms with Crippen LogP contribution >= 0.6 is 0 Å². The van der Waals surface area contributed by atoms with E-state index >= 15 is 0 Å². The summed E-state index contributed by atoms with van der Waals surface area (Å²) in [5, 5.41) is 8.76. The van der Waals surface area contributed by atoms with Gasteiger partial charge in [0.1, 0.15) is 11.4 Å². The molecule has 1 atom stereocenters. The van der Waals surface area contributed by atoms with E-state index in [1.165, 1.54) is 13.0 Å². The molecule has 100 valence electrons. The molecular weight excluding hydrogens is 244 g/mol. The van der Waals surface area contributed by atoms with Gasteiger partial charge >= 0.3 is 5.97 Å². The van der Waals surface area contributed by atoms with Gasteiger partial charge in [0, 0.05) is 6.07 Å². The number of aliphatic carboxylic acids is 1. The first kappa shape index (κ1) is 14.4. The fraction of sp³-hybridized carbons (Fsp3) is 0.417. The van der Waals surface area contributed by atoms with Gasteiger partial charge in [0.25, 0.3) is 0 Å². The molecule has 0 bridgehead atoms. The molecular formula is C12H15F2NO3. The summed E-state index contributed by atoms with van der Waals surface area (Å²) in [7, 11) is 0. The average Bonchev–Trinajstić information content (AvgIpc) is 2.26. The summed E-state index contributed by atoms with van der Waals surface area (Å²) in [6.07, 6.45) is 0.557. The maximum absolute atomic E-state index is 13.2. The van der Waals surface area contributed by atoms with Crippen LogP contribution in [0.4, 0.5) is 8.78 Å². The average molecular weight is 259 g/mol. The molecule has 3 N–H and O–H groups in total. The number of halogens is 2. The third-order valence-corrected chi connectivity index (χ3v) is 2.48. The molecule has 0 spiro atoms. The molecule has 0 fully saturated rings. The molecule has 0 heterocycles. The molecule has 4 nitrogen and oxygen atoms in total. The van der Waals surface area contributed by atoms with Crippen LogP contribution in [0.3, 0.4) is 0 Å². The minimum Gasteiger partial charge on any atom is -0.491 e. The van der Waals surface area contributed by atoms with Crippen LogP contribution in [0.15, 0.2) is 18.2 Å². The van der Waals surface area contributed by atoms with Crippen molar-refractivity contribution >= 4 is 5.97 Å². The number of nitrogens with two attached hydrogens (primary N) is 1. The van der Waals surface area contributed by atoms with Gasteiger partial charge in [-0.2, -0.15) is 0 Å². The zero-order valence-electron chi connectivity index (χ0n) is 9.95. The predicted molar refractivity (Wildman–Crippen MR) is 61.3 cm³/mol. The monoisotopic (exact) mass is 259 g/mol. The molecule has 0 aromatic heterocycles. The lowest BCUT2D eigenvalue weighted by Crippen LogP contribution is -2.44. The van der Waals surface area contributed by atoms with Gasteiger partial charge in [-0.1, -0.05) is 0 Å². The Morgan fingerprint density at radius 3 is 2.72 bits per heavy atom. The van der Waals surface area contributed by atoms with E-state index in [-0.39, 0.29) is 18.8 Å². The van der Waals surface area contributed by atoms with E-state index in [9.17, 15) is 13.6 Å². The molecule has 0 aliphatic rings. The highest BCUT2D eigenvalue weighted by Gasteiger charge is 2.26. The first-order valence-corrected chi connectivity index (χ1v) is 5.43. The van der Waals surface area contributed by atoms with Crippen molar-refractivity contribution in [1.29, 1.82) is 0 Å². The molecule has 0 aliphatic heterocycles. The summed E-state index contributed by atoms with van der Waals surface area (Å²) < 4.78 is 30.8. The van der Waals surface area contributed by atoms with E-state index in [1.807, 2.05) is 0 Å². The van der Waals surface area contributed by atoms with Crippen molar-refractivity contribution in [1.82, 2.24) is 0 Å². The smallest absolute Gasteiger partial charge is 0.323 e. The minimum atomic E-state index is -1.33. The van der Waals surface area contributed by atoms with E-state index in [1.54, 1.807) is 0 Å². The predicted octanol–water partition coefficient (Wildman–Crippen LogP) is 1.93. The maximum Gasteiger partial charge on any atom is 0.323 e. The Hall–Kier alpha value is -1.69. The summed E-state index contributed by atoms with van der Waals surface area (Å²) >= 11 is 0. The van der Waals surface area contributed by atoms with Crippen molar-refractivity contribution in [3.8, 4) is 5.75 Å². The number of carboxylic acids is 1. The van der Waals surface area contributed by atoms with Crippen molar-refractivity contribution < 1.29 is 23.4 Å². The zero-order valence-corrected chi connectivity index (χ0v) is 9.95. The van der Waals surface area contributed by atoms with E-state index in [0.29, 0.717) is 6.42 Å². The van der Waals surface area contributed by atoms with Gasteiger partial charge in [0.2, 0.25) is 0 Å². The Labute approximate surface area is 103 Å². The number of carbonyl (C=O) groups is 1. The quantitative estimate of drug-likeness (QED) is 0.765. The summed E-state index contributed by atoms with van der Waals surface area (Å²) in [6.45, 7) is 1.51. The number of hydrogen-bond donors (Lipinski definition) is 2. The minimum absolute atomic E-state index is 0.0644. The van der Waals surface area contributed by atoms with Gasteiger partial charge in [-0.3, -0.25) is 4.79 Å². The van der Waals surface area contributed by atoms with Crippen molar-refractivity contribution in [2.45, 2.75) is 25.3 Å². The molecule has 0 amide bonds. The number of ether oxygens (including phenoxy) is 1. The van der Waals surface area contributed by atoms with Crippen LogP contribution in [0.2, 0.25) is 0 Å². The van der Waals surface area contributed by atoms with E-state index in [2.05, 4.69) is 0 Å². The molecule has 18 heavy (non-hydrogen) atoms. The second-order valence-electron chi connectivity index (χ2n) is 4.25. The molecule has 1 aromatic rings. The molecule has 0 aliphatic carbocycles. The van der Waals surface area contributed by atoms with Gasteiger partial charge in [-0.05, 0) is 31.9 Å². The van der Waals surface area contributed by atoms with Crippen molar-refractivity contribution in [3.63, 3.8) is 0 Å². The van der Waals surface area contributed by atoms with Crippen LogP contribution in [0.25, 0.3) is 0 Å². The third kappa shape index (κ3) is 3.96. The molecule has 0 saturated heterocycles. The normalized spacial score (nSPS) is 14.0. The van der Waals surface area contributed by atoms with Crippen LogP contribution in [-0.4, -0.2) is 23.2 Å². The van der Waals surface area contributed by atoms with Crippen molar-refractivity contribution in [3.05, 3.63) is 29.8 Å². The Balaban J connectivity index is 2.41. The third-order valence-electron chi connectivity index (χ3n) is 2.48. The Bertz CT molecular complexity index is 435. The lowest BCUT2D eigenvalue weighted by atomic mass is 9.98. The second kappa shape index (κ2) is 5.77. The maximum atomic E-state index is 13.2. The van der Waals surface area contributed by atoms with Crippen molar-refractivity contribution in [2.24, 2.45) is 5.73 Å². The Kier molecular flexibility index (Phi) is 4.61. The first-order chi connectivity index (χ1) is 8.33. The van der Waals surface area contributed by atoms with E-state index in [4.69, 9.17) is 15.6 Å². The lowest BCUT2D eigenvalue weighted by molar-refractivity contribution is -0.143. The molecule has 0 saturated carbocycles. The molecule has 0 radical (unpaired) electrons. The highest BCUT2D eigenvalue weighted by Crippen LogP contribution is 2.18. The van der Waals surface area contributed by atoms with Crippen molar-refractivity contribution in [2.75, 3.05) is 6.61 Å². The lowest BCUT2D eigenvalue weighted by Gasteiger charge is -2.18. The molecule has 1 rings (SSSR count). The van der Waals surface area contributed by atoms with Crippen LogP contribution in [0.5, 0.6) is 5.75 Å². The number of benzene rings is 1. The SMILES string of the molecule is CC(N)(CCCOc1ccc(F)cc1F)C(=O)O. The highest BCUT2D eigenvalue weighted by atomic mass is 19.1. The standard InChI is InChI=1S/C12H15F2NO3/c1-12(15,11(16)17)5-2-6-18-10-4-3-8(13)7-9(10)14/h3-4,7H,2,5-6,15H2,1H3,(H,16,17). The summed E-state index contributed by atoms with van der Waals surface area (Å²) in [5.41, 5.74) is 4.18. The number of carboxylic acid groups (broad SMARTS) is 1. The molecule has 1 unspecified atom stereocenters. The van der Waals surface area contributed by atoms with Crippen LogP contribution in [0.1, 0.15) is 19.8 Å². The first-order valence-electron chi connectivity index (χ1n) is 5.43. The van der Waals surface area contributed by atoms with Gasteiger partial charge in [0.05, 0.1) is 6.61 Å². The van der Waals surface area contributed by atoms with Gasteiger partial charge in [-0.25, -0.2) is 8.78 Å². The fourth-order valence-corrected chi connectivity index (χ4v) is 1.32. The fourth-order valence-electron chi connectivity index (χ4n) is 1.32. The van der Waals surface area contributed by atoms with E-state index < -0.39 is 23.1 Å². The van der Waals surface area contributed by atoms with E-state index in [0.717, 1.165) is 12.1 Å². The van der Waals surface area contributed by atoms with Gasteiger partial charge in [0.15, 0.2) is 11.6 Å². The Morgan fingerprint density at radius 2 is 2.17 bits per heavy atom. The summed E-state index contributed by atoms with van der Waals surface area (Å²) in [6, 6.07) is 2.99. The largest absolute Gasteiger partial charge is 0.491 e. The van der Waals surface area contributed by atoms with Crippen LogP contribution in [-0.2, 0) is 4.79 Å². The van der Waals surface area contributed by atoms with Gasteiger partial charge < -0.3 is 15.6 Å². The number of hydrogen-bond acceptors (Lipinski definition) is 3. The van der Waals surface area contributed by atoms with Crippen LogP contribution < -0.4 is 10.5 Å².